The number of nitrogens with zero attached hydrogens (tertiary/aromatic N) is 5. The molecule has 0 fully saturated rings. The minimum Gasteiger partial charge on any atom is -0.480 e. The molecule has 28 nitrogen and oxygen atoms in total. The third-order valence-electron chi connectivity index (χ3n) is 17.5. The van der Waals surface area contributed by atoms with Crippen LogP contribution in [0.4, 0.5) is 0 Å². The van der Waals surface area contributed by atoms with E-state index in [2.05, 4.69) is 4.98 Å². The van der Waals surface area contributed by atoms with Crippen LogP contribution >= 0.6 is 34.0 Å². The van der Waals surface area contributed by atoms with Gasteiger partial charge in [0.15, 0.2) is 0 Å². The minimum atomic E-state index is -1.83. The zero-order valence-corrected chi connectivity index (χ0v) is 71.8. The number of aliphatic hydroxyl groups excluding tert-OH is 1. The number of ether oxygens (including phenoxy) is 8. The standard InChI is InChI=1S/C29H38N2O7S.C25H30N2O7S.C18H24N2O6S.C11H16O2.3CH4/c1-10-36-25(33)22-18(4)21-23(32)31(29(8,9)26(34)38-28(5,6)7)27(35)30(24(21)39-22)16-20(37-17(2)3)19-14-12-11-13-15-19;1-7-33-22(29)19-15(4)18-20(28)27(25(5,6)23(30)31)24(32)26(21(18)35-19)13-17(34-14(2)3)16-11-9-8-10-12-16;1-8-25-14(22)11-9(2)10-12(27-11)19-16(24)20(13(10)21)18(6,7)15(23)26-17(3,4)5;1-9(2)13-11(8-12)10-6-4-3-5-7-10;;;/h11-15,17,20H,10,16H2,1-9H3;8-12,14,17H,7,13H2,1-6H3,(H,30,31);8H2,1-7H3,(H,19,24);3-7,9,11-12H,8H2,1-2H3;3*1H4/t20-;17-;;11-;;;/m00.0.../s1. The molecule has 0 radical (unpaired) electrons. The van der Waals surface area contributed by atoms with E-state index in [0.29, 0.717) is 21.5 Å². The summed E-state index contributed by atoms with van der Waals surface area (Å²) in [6.45, 7) is 40.6. The molecular weight excluding hydrogens is 1570 g/mol. The van der Waals surface area contributed by atoms with E-state index >= 15 is 0 Å². The quantitative estimate of drug-likeness (QED) is 0.0335. The van der Waals surface area contributed by atoms with Crippen LogP contribution in [0.1, 0.15) is 248 Å². The molecular formula is C86H120N6O22S3. The highest BCUT2D eigenvalue weighted by Gasteiger charge is 2.42. The van der Waals surface area contributed by atoms with Gasteiger partial charge in [-0.2, -0.15) is 0 Å². The predicted molar refractivity (Wildman–Crippen MR) is 460 cm³/mol. The number of fused-ring (bicyclic) bond motifs is 3. The minimum absolute atomic E-state index is 0. The Morgan fingerprint density at radius 2 is 0.718 bits per heavy atom. The molecule has 6 heterocycles. The van der Waals surface area contributed by atoms with Crippen molar-refractivity contribution in [3.8, 4) is 0 Å². The Bertz CT molecular complexity index is 5310. The maximum absolute atomic E-state index is 14.1. The van der Waals surface area contributed by atoms with Crippen molar-refractivity contribution in [3.05, 3.63) is 202 Å². The molecule has 0 bridgehead atoms. The maximum Gasteiger partial charge on any atom is 0.348 e. The van der Waals surface area contributed by atoms with Crippen molar-refractivity contribution in [3.63, 3.8) is 0 Å². The van der Waals surface area contributed by atoms with Gasteiger partial charge in [-0.1, -0.05) is 113 Å². The van der Waals surface area contributed by atoms with Crippen LogP contribution < -0.4 is 33.7 Å². The number of aromatic nitrogens is 6. The smallest absolute Gasteiger partial charge is 0.348 e. The van der Waals surface area contributed by atoms with Crippen molar-refractivity contribution < 1.29 is 76.9 Å². The molecule has 117 heavy (non-hydrogen) atoms. The molecule has 644 valence electrons. The first-order valence-corrected chi connectivity index (χ1v) is 39.8. The molecule has 31 heteroatoms. The summed E-state index contributed by atoms with van der Waals surface area (Å²) in [7, 11) is 0. The molecule has 0 aliphatic heterocycles. The van der Waals surface area contributed by atoms with Crippen molar-refractivity contribution in [2.45, 2.75) is 266 Å². The second-order valence-corrected chi connectivity index (χ2v) is 34.0. The average molecular weight is 1690 g/mol. The number of rotatable bonds is 26. The predicted octanol–water partition coefficient (Wildman–Crippen LogP) is 15.0. The molecule has 0 saturated heterocycles. The van der Waals surface area contributed by atoms with Crippen molar-refractivity contribution in [1.82, 2.24) is 27.8 Å². The van der Waals surface area contributed by atoms with Crippen molar-refractivity contribution in [1.29, 1.82) is 0 Å². The molecule has 3 aromatic carbocycles. The number of H-pyrrole nitrogens is 1. The number of carbonyl (C=O) groups is 6. The van der Waals surface area contributed by atoms with Crippen molar-refractivity contribution in [2.24, 2.45) is 0 Å². The van der Waals surface area contributed by atoms with Crippen LogP contribution in [-0.4, -0.2) is 130 Å². The highest BCUT2D eigenvalue weighted by molar-refractivity contribution is 7.21. The second kappa shape index (κ2) is 42.1. The molecule has 0 aliphatic rings. The molecule has 6 aromatic heterocycles. The summed E-state index contributed by atoms with van der Waals surface area (Å²) in [6, 6.07) is 28.5. The summed E-state index contributed by atoms with van der Waals surface area (Å²) in [6.07, 6.45) is -1.50. The summed E-state index contributed by atoms with van der Waals surface area (Å²) in [5.41, 5.74) is -7.13. The number of aryl methyl sites for hydroxylation is 3. The van der Waals surface area contributed by atoms with Gasteiger partial charge < -0.3 is 48.1 Å². The van der Waals surface area contributed by atoms with Crippen LogP contribution in [0.25, 0.3) is 30.6 Å². The zero-order chi connectivity index (χ0) is 85.8. The summed E-state index contributed by atoms with van der Waals surface area (Å²) >= 11 is 2.99. The van der Waals surface area contributed by atoms with E-state index in [9.17, 15) is 62.6 Å². The number of nitrogens with one attached hydrogen (secondary N) is 1. The third-order valence-corrected chi connectivity index (χ3v) is 21.3. The number of esters is 5. The van der Waals surface area contributed by atoms with E-state index in [0.717, 1.165) is 64.4 Å². The average Bonchev–Trinajstić information content (AvgIpc) is 1.65. The highest BCUT2D eigenvalue weighted by Crippen LogP contribution is 2.35. The fourth-order valence-electron chi connectivity index (χ4n) is 12.0. The van der Waals surface area contributed by atoms with Crippen LogP contribution in [0.3, 0.4) is 0 Å². The fourth-order valence-corrected chi connectivity index (χ4v) is 15.5. The van der Waals surface area contributed by atoms with Crippen LogP contribution in [0.15, 0.2) is 120 Å². The van der Waals surface area contributed by atoms with Gasteiger partial charge in [0.2, 0.25) is 0 Å². The van der Waals surface area contributed by atoms with Gasteiger partial charge in [-0.15, -0.1) is 34.0 Å². The molecule has 3 N–H and O–H groups in total. The number of carbonyl (C=O) groups excluding carboxylic acids is 5. The van der Waals surface area contributed by atoms with Gasteiger partial charge in [-0.3, -0.25) is 28.5 Å². The first-order chi connectivity index (χ1) is 53.1. The Morgan fingerprint density at radius 3 is 1.03 bits per heavy atom. The van der Waals surface area contributed by atoms with E-state index in [4.69, 9.17) is 43.0 Å². The second-order valence-electron chi connectivity index (χ2n) is 31.0. The Hall–Kier alpha value is -9.76. The lowest BCUT2D eigenvalue weighted by Crippen LogP contribution is -2.54. The number of hydrogen-bond donors (Lipinski definition) is 3. The molecule has 0 aliphatic carbocycles. The van der Waals surface area contributed by atoms with E-state index in [1.807, 2.05) is 133 Å². The van der Waals surface area contributed by atoms with E-state index in [-0.39, 0.29) is 127 Å². The third kappa shape index (κ3) is 24.0. The molecule has 9 aromatic rings. The van der Waals surface area contributed by atoms with Crippen LogP contribution in [0, 0.1) is 20.8 Å². The summed E-state index contributed by atoms with van der Waals surface area (Å²) in [4.78, 5) is 160. The van der Waals surface area contributed by atoms with Crippen LogP contribution in [-0.2, 0) is 82.0 Å². The van der Waals surface area contributed by atoms with Crippen LogP contribution in [0.5, 0.6) is 0 Å². The largest absolute Gasteiger partial charge is 0.480 e. The first kappa shape index (κ1) is 101. The SMILES string of the molecule is C.C.C.CC(C)O[C@@H](CO)c1ccccc1.CCOC(=O)c1sc2[nH]c(=O)n(C(C)(C)C(=O)OC(C)(C)C)c(=O)c2c1C.CCOC(=O)c1sc2c(c1C)c(=O)n(C(C)(C)C(=O)O)c(=O)n2C[C@H](OC(C)C)c1ccccc1.CCOC(=O)c1sc2c(c1C)c(=O)n(C(C)(C)C(=O)OC(C)(C)C)c(=O)n2C[C@H](OC(C)C)c1ccccc1. The molecule has 0 saturated carbocycles. The lowest BCUT2D eigenvalue weighted by atomic mass is 10.0. The maximum atomic E-state index is 14.1. The van der Waals surface area contributed by atoms with Gasteiger partial charge in [0, 0.05) is 0 Å². The fraction of sp³-hybridized carbons (Fsp3) is 0.512. The Balaban J connectivity index is 0.000000420. The number of benzene rings is 3. The van der Waals surface area contributed by atoms with Crippen LogP contribution in [0.2, 0.25) is 0 Å². The number of aliphatic carboxylic acids is 1. The Morgan fingerprint density at radius 1 is 0.427 bits per heavy atom. The first-order valence-electron chi connectivity index (χ1n) is 37.4. The van der Waals surface area contributed by atoms with E-state index in [1.54, 1.807) is 83.1 Å². The van der Waals surface area contributed by atoms with Gasteiger partial charge in [-0.05, 0) is 200 Å². The number of aliphatic hydroxyl groups is 1. The Kier molecular flexibility index (Phi) is 36.5. The van der Waals surface area contributed by atoms with E-state index in [1.165, 1.54) is 50.7 Å². The summed E-state index contributed by atoms with van der Waals surface area (Å²) < 4.78 is 49.4. The lowest BCUT2D eigenvalue weighted by molar-refractivity contribution is -0.165. The van der Waals surface area contributed by atoms with Crippen molar-refractivity contribution >= 4 is 100 Å². The van der Waals surface area contributed by atoms with Gasteiger partial charge in [0.25, 0.3) is 16.7 Å². The van der Waals surface area contributed by atoms with Gasteiger partial charge in [0.05, 0.1) is 74.0 Å². The molecule has 0 spiro atoms. The Labute approximate surface area is 695 Å². The van der Waals surface area contributed by atoms with Gasteiger partial charge in [0.1, 0.15) is 75.3 Å². The van der Waals surface area contributed by atoms with Crippen molar-refractivity contribution in [2.75, 3.05) is 26.4 Å². The van der Waals surface area contributed by atoms with Gasteiger partial charge >= 0.3 is 52.9 Å². The molecule has 3 atom stereocenters. The lowest BCUT2D eigenvalue weighted by Gasteiger charge is -2.30. The topological polar surface area (TPSA) is 360 Å². The summed E-state index contributed by atoms with van der Waals surface area (Å²) in [5.74, 6) is -4.51. The summed E-state index contributed by atoms with van der Waals surface area (Å²) in [5, 5.41) is 19.4. The highest BCUT2D eigenvalue weighted by atomic mass is 32.1. The number of hydrogen-bond acceptors (Lipinski definition) is 24. The number of aromatic amines is 1. The van der Waals surface area contributed by atoms with Gasteiger partial charge in [-0.25, -0.2) is 56.9 Å². The number of thiophene rings is 3. The van der Waals surface area contributed by atoms with E-state index < -0.39 is 110 Å². The number of carboxylic acids is 1. The molecule has 9 rings (SSSR count). The monoisotopic (exact) mass is 1680 g/mol. The zero-order valence-electron chi connectivity index (χ0n) is 69.4. The number of carboxylic acid groups (broad SMARTS) is 1. The molecule has 0 amide bonds. The molecule has 0 unspecified atom stereocenters. The normalized spacial score (nSPS) is 12.5.